The van der Waals surface area contributed by atoms with E-state index in [2.05, 4.69) is 32.0 Å². The molecule has 0 amide bonds. The van der Waals surface area contributed by atoms with Gasteiger partial charge in [-0.1, -0.05) is 28.1 Å². The van der Waals surface area contributed by atoms with Gasteiger partial charge in [-0.15, -0.1) is 4.99 Å². The topological polar surface area (TPSA) is 82.7 Å². The van der Waals surface area contributed by atoms with Crippen molar-refractivity contribution in [3.8, 4) is 17.9 Å². The van der Waals surface area contributed by atoms with E-state index in [0.717, 1.165) is 37.7 Å². The van der Waals surface area contributed by atoms with Crippen molar-refractivity contribution in [3.05, 3.63) is 64.3 Å². The van der Waals surface area contributed by atoms with E-state index in [4.69, 9.17) is 0 Å². The molecule has 0 aliphatic rings. The second-order valence-corrected chi connectivity index (χ2v) is 8.26. The lowest BCUT2D eigenvalue weighted by Crippen LogP contribution is -2.23. The Labute approximate surface area is 176 Å². The van der Waals surface area contributed by atoms with Crippen LogP contribution < -0.4 is 5.62 Å². The standard InChI is InChI=1S/C22H17BrN6/c1-22(2,12-24)14-4-7-16(8-5-14)29-20-17-10-15(23)6-9-18(17)26-11-19(20)28(3)21(29)27-13-25/h4-11H,1-3H3/b27-21-. The summed E-state index contributed by atoms with van der Waals surface area (Å²) in [5, 5.41) is 19.6. The predicted octanol–water partition coefficient (Wildman–Crippen LogP) is 4.46. The highest BCUT2D eigenvalue weighted by atomic mass is 79.9. The van der Waals surface area contributed by atoms with Gasteiger partial charge < -0.3 is 4.57 Å². The second kappa shape index (κ2) is 6.88. The minimum atomic E-state index is -0.580. The third kappa shape index (κ3) is 3.00. The number of aromatic nitrogens is 3. The molecule has 0 saturated heterocycles. The molecule has 2 aromatic carbocycles. The zero-order valence-electron chi connectivity index (χ0n) is 16.2. The molecule has 0 saturated carbocycles. The van der Waals surface area contributed by atoms with Crippen LogP contribution in [0.5, 0.6) is 0 Å². The van der Waals surface area contributed by atoms with Crippen LogP contribution in [0.15, 0.2) is 58.1 Å². The molecule has 4 rings (SSSR count). The minimum Gasteiger partial charge on any atom is -0.311 e. The first kappa shape index (κ1) is 18.9. The molecular weight excluding hydrogens is 428 g/mol. The summed E-state index contributed by atoms with van der Waals surface area (Å²) in [6.07, 6.45) is 3.71. The summed E-state index contributed by atoms with van der Waals surface area (Å²) in [4.78, 5) is 8.64. The van der Waals surface area contributed by atoms with Gasteiger partial charge in [-0.3, -0.25) is 9.55 Å². The Balaban J connectivity index is 2.12. The Morgan fingerprint density at radius 2 is 1.83 bits per heavy atom. The Bertz CT molecular complexity index is 1410. The van der Waals surface area contributed by atoms with Crippen molar-refractivity contribution in [2.45, 2.75) is 19.3 Å². The summed E-state index contributed by atoms with van der Waals surface area (Å²) >= 11 is 3.54. The van der Waals surface area contributed by atoms with Gasteiger partial charge in [-0.05, 0) is 49.7 Å². The average molecular weight is 445 g/mol. The smallest absolute Gasteiger partial charge is 0.226 e. The van der Waals surface area contributed by atoms with Crippen LogP contribution in [-0.4, -0.2) is 14.1 Å². The summed E-state index contributed by atoms with van der Waals surface area (Å²) in [7, 11) is 1.87. The number of halogens is 1. The Morgan fingerprint density at radius 3 is 2.48 bits per heavy atom. The molecule has 142 valence electrons. The fourth-order valence-electron chi connectivity index (χ4n) is 3.48. The van der Waals surface area contributed by atoms with Gasteiger partial charge in [0.1, 0.15) is 0 Å². The summed E-state index contributed by atoms with van der Waals surface area (Å²) in [6, 6.07) is 16.0. The lowest BCUT2D eigenvalue weighted by molar-refractivity contribution is 0.686. The van der Waals surface area contributed by atoms with Crippen LogP contribution in [0.1, 0.15) is 19.4 Å². The molecule has 0 aliphatic carbocycles. The average Bonchev–Trinajstić information content (AvgIpc) is 3.01. The molecule has 0 atom stereocenters. The largest absolute Gasteiger partial charge is 0.311 e. The number of fused-ring (bicyclic) bond motifs is 3. The van der Waals surface area contributed by atoms with Crippen LogP contribution >= 0.6 is 15.9 Å². The third-order valence-electron chi connectivity index (χ3n) is 5.14. The number of hydrogen-bond donors (Lipinski definition) is 0. The molecule has 2 heterocycles. The number of benzene rings is 2. The molecule has 0 fully saturated rings. The van der Waals surface area contributed by atoms with Gasteiger partial charge in [0.15, 0.2) is 0 Å². The van der Waals surface area contributed by atoms with Crippen molar-refractivity contribution in [2.75, 3.05) is 0 Å². The molecule has 0 radical (unpaired) electrons. The first-order valence-electron chi connectivity index (χ1n) is 8.98. The van der Waals surface area contributed by atoms with Crippen molar-refractivity contribution >= 4 is 37.9 Å². The number of aryl methyl sites for hydroxylation is 1. The number of hydrogen-bond acceptors (Lipinski definition) is 4. The molecule has 2 aromatic heterocycles. The van der Waals surface area contributed by atoms with Crippen molar-refractivity contribution in [2.24, 2.45) is 12.0 Å². The molecule has 0 N–H and O–H groups in total. The molecule has 7 heteroatoms. The lowest BCUT2D eigenvalue weighted by Gasteiger charge is -2.16. The maximum absolute atomic E-state index is 9.42. The van der Waals surface area contributed by atoms with E-state index in [1.165, 1.54) is 0 Å². The molecule has 0 spiro atoms. The molecule has 0 bridgehead atoms. The van der Waals surface area contributed by atoms with Crippen LogP contribution in [-0.2, 0) is 12.5 Å². The maximum atomic E-state index is 9.42. The summed E-state index contributed by atoms with van der Waals surface area (Å²) in [5.74, 6) is 0. The van der Waals surface area contributed by atoms with Gasteiger partial charge in [0.05, 0.1) is 34.2 Å². The van der Waals surface area contributed by atoms with Crippen LogP contribution in [0.25, 0.3) is 27.6 Å². The predicted molar refractivity (Wildman–Crippen MR) is 115 cm³/mol. The fourth-order valence-corrected chi connectivity index (χ4v) is 3.85. The normalized spacial score (nSPS) is 12.3. The summed E-state index contributed by atoms with van der Waals surface area (Å²) in [5.41, 5.74) is 4.34. The first-order valence-corrected chi connectivity index (χ1v) is 9.77. The van der Waals surface area contributed by atoms with Gasteiger partial charge >= 0.3 is 0 Å². The molecule has 29 heavy (non-hydrogen) atoms. The van der Waals surface area contributed by atoms with Crippen molar-refractivity contribution < 1.29 is 0 Å². The summed E-state index contributed by atoms with van der Waals surface area (Å²) in [6.45, 7) is 3.78. The van der Waals surface area contributed by atoms with Crippen molar-refractivity contribution in [3.63, 3.8) is 0 Å². The Morgan fingerprint density at radius 1 is 1.10 bits per heavy atom. The van der Waals surface area contributed by atoms with E-state index < -0.39 is 5.41 Å². The highest BCUT2D eigenvalue weighted by Gasteiger charge is 2.20. The van der Waals surface area contributed by atoms with E-state index in [1.807, 2.05) is 78.7 Å². The SMILES string of the molecule is Cn1/c(=N/C#N)n(-c2ccc(C(C)(C)C#N)cc2)c2c3cc(Br)ccc3ncc21. The van der Waals surface area contributed by atoms with Gasteiger partial charge in [-0.25, -0.2) is 0 Å². The van der Waals surface area contributed by atoms with Crippen LogP contribution in [0.4, 0.5) is 0 Å². The first-order chi connectivity index (χ1) is 13.9. The van der Waals surface area contributed by atoms with Gasteiger partial charge in [0.25, 0.3) is 0 Å². The van der Waals surface area contributed by atoms with Crippen LogP contribution in [0.2, 0.25) is 0 Å². The third-order valence-corrected chi connectivity index (χ3v) is 5.64. The molecule has 0 aliphatic heterocycles. The Kier molecular flexibility index (Phi) is 4.49. The second-order valence-electron chi connectivity index (χ2n) is 7.34. The maximum Gasteiger partial charge on any atom is 0.226 e. The summed E-state index contributed by atoms with van der Waals surface area (Å²) < 4.78 is 4.76. The fraction of sp³-hybridized carbons (Fsp3) is 0.182. The number of imidazole rings is 1. The zero-order chi connectivity index (χ0) is 20.8. The van der Waals surface area contributed by atoms with E-state index in [0.29, 0.717) is 5.62 Å². The van der Waals surface area contributed by atoms with E-state index >= 15 is 0 Å². The Hall–Kier alpha value is -3.42. The monoisotopic (exact) mass is 444 g/mol. The highest BCUT2D eigenvalue weighted by molar-refractivity contribution is 9.10. The van der Waals surface area contributed by atoms with Crippen LogP contribution in [0, 0.1) is 22.8 Å². The van der Waals surface area contributed by atoms with E-state index in [-0.39, 0.29) is 0 Å². The molecular formula is C22H17BrN6. The van der Waals surface area contributed by atoms with Crippen LogP contribution in [0.3, 0.4) is 0 Å². The highest BCUT2D eigenvalue weighted by Crippen LogP contribution is 2.29. The number of nitriles is 2. The number of nitrogens with zero attached hydrogens (tertiary/aromatic N) is 6. The lowest BCUT2D eigenvalue weighted by atomic mass is 9.86. The molecule has 4 aromatic rings. The molecule has 0 unspecified atom stereocenters. The van der Waals surface area contributed by atoms with E-state index in [9.17, 15) is 10.5 Å². The number of rotatable bonds is 2. The zero-order valence-corrected chi connectivity index (χ0v) is 17.8. The van der Waals surface area contributed by atoms with Gasteiger partial charge in [-0.2, -0.15) is 10.5 Å². The minimum absolute atomic E-state index is 0.504. The van der Waals surface area contributed by atoms with Gasteiger partial charge in [0, 0.05) is 22.6 Å². The number of pyridine rings is 1. The van der Waals surface area contributed by atoms with Crippen molar-refractivity contribution in [1.82, 2.24) is 14.1 Å². The molecule has 6 nitrogen and oxygen atoms in total. The van der Waals surface area contributed by atoms with Gasteiger partial charge in [0.2, 0.25) is 11.8 Å². The quantitative estimate of drug-likeness (QED) is 0.427. The van der Waals surface area contributed by atoms with Crippen molar-refractivity contribution in [1.29, 1.82) is 10.5 Å². The van der Waals surface area contributed by atoms with E-state index in [1.54, 1.807) is 6.20 Å².